The molecule has 0 aromatic carbocycles. The van der Waals surface area contributed by atoms with Gasteiger partial charge in [0.15, 0.2) is 0 Å². The largest absolute Gasteiger partial charge is 0.508 e. The number of rotatable bonds is 24. The van der Waals surface area contributed by atoms with Gasteiger partial charge >= 0.3 is 24.1 Å². The minimum Gasteiger partial charge on any atom is -0.465 e. The van der Waals surface area contributed by atoms with E-state index in [2.05, 4.69) is 25.7 Å². The summed E-state index contributed by atoms with van der Waals surface area (Å²) in [7, 11) is 0. The fraction of sp³-hybridized carbons (Fsp3) is 0.902. The zero-order valence-electron chi connectivity index (χ0n) is 32.2. The van der Waals surface area contributed by atoms with Gasteiger partial charge in [-0.2, -0.15) is 0 Å². The van der Waals surface area contributed by atoms with Gasteiger partial charge in [0, 0.05) is 19.4 Å². The Bertz CT molecular complexity index is 1030. The lowest BCUT2D eigenvalue weighted by Gasteiger charge is -2.56. The van der Waals surface area contributed by atoms with Crippen molar-refractivity contribution >= 4 is 24.1 Å². The lowest BCUT2D eigenvalue weighted by molar-refractivity contribution is -0.156. The van der Waals surface area contributed by atoms with Gasteiger partial charge in [-0.3, -0.25) is 14.4 Å². The second kappa shape index (κ2) is 22.0. The van der Waals surface area contributed by atoms with Crippen LogP contribution in [0.3, 0.4) is 0 Å². The van der Waals surface area contributed by atoms with Crippen LogP contribution in [0.4, 0.5) is 4.79 Å². The molecule has 5 aliphatic carbocycles. The van der Waals surface area contributed by atoms with Gasteiger partial charge in [0.05, 0.1) is 18.9 Å². The molecule has 10 heteroatoms. The van der Waals surface area contributed by atoms with Crippen LogP contribution in [0, 0.1) is 35.0 Å². The van der Waals surface area contributed by atoms with Crippen molar-refractivity contribution in [2.24, 2.45) is 35.0 Å². The number of carbonyl (C=O) groups excluding carboxylic acids is 4. The van der Waals surface area contributed by atoms with E-state index in [1.54, 1.807) is 0 Å². The SMILES string of the molecule is CCCCCC1CCC(OC(=O)CCCCC(=O)OCC(COC(=O)CC23CC4CC(CC(C4)C2)C3)COC(=O)OCCCN(CC)CC)CC1. The fourth-order valence-electron chi connectivity index (χ4n) is 9.72. The Morgan fingerprint density at radius 3 is 1.86 bits per heavy atom. The predicted molar refractivity (Wildman–Crippen MR) is 195 cm³/mol. The summed E-state index contributed by atoms with van der Waals surface area (Å²) in [6, 6.07) is 0. The van der Waals surface area contributed by atoms with Gasteiger partial charge in [0.2, 0.25) is 0 Å². The minimum atomic E-state index is -0.780. The molecule has 1 atom stereocenters. The maximum absolute atomic E-state index is 13.1. The van der Waals surface area contributed by atoms with E-state index >= 15 is 0 Å². The monoisotopic (exact) mass is 719 g/mol. The van der Waals surface area contributed by atoms with Crippen LogP contribution in [0.15, 0.2) is 0 Å². The quantitative estimate of drug-likeness (QED) is 0.0547. The van der Waals surface area contributed by atoms with Gasteiger partial charge in [-0.05, 0) is 126 Å². The zero-order valence-corrected chi connectivity index (χ0v) is 32.2. The first-order chi connectivity index (χ1) is 24.7. The van der Waals surface area contributed by atoms with Crippen LogP contribution in [0.25, 0.3) is 0 Å². The van der Waals surface area contributed by atoms with Crippen molar-refractivity contribution in [3.8, 4) is 0 Å². The lowest BCUT2D eigenvalue weighted by atomic mass is 9.49. The average Bonchev–Trinajstić information content (AvgIpc) is 3.10. The molecule has 0 amide bonds. The summed E-state index contributed by atoms with van der Waals surface area (Å²) < 4.78 is 27.6. The maximum atomic E-state index is 13.1. The molecule has 0 radical (unpaired) electrons. The Balaban J connectivity index is 1.13. The normalized spacial score (nSPS) is 27.2. The van der Waals surface area contributed by atoms with E-state index in [0.29, 0.717) is 25.7 Å². The van der Waals surface area contributed by atoms with Crippen LogP contribution in [0.1, 0.15) is 149 Å². The molecule has 0 aromatic rings. The summed E-state index contributed by atoms with van der Waals surface area (Å²) >= 11 is 0. The second-order valence-corrected chi connectivity index (χ2v) is 16.5. The Kier molecular flexibility index (Phi) is 17.9. The van der Waals surface area contributed by atoms with Gasteiger partial charge in [0.1, 0.15) is 25.9 Å². The molecule has 1 unspecified atom stereocenters. The summed E-state index contributed by atoms with van der Waals surface area (Å²) in [5.41, 5.74) is 0.0685. The van der Waals surface area contributed by atoms with Gasteiger partial charge in [0.25, 0.3) is 0 Å². The van der Waals surface area contributed by atoms with Crippen LogP contribution in [-0.4, -0.2) is 81.1 Å². The average molecular weight is 720 g/mol. The topological polar surface area (TPSA) is 118 Å². The molecule has 0 N–H and O–H groups in total. The van der Waals surface area contributed by atoms with Gasteiger partial charge in [-0.1, -0.05) is 46.5 Å². The summed E-state index contributed by atoms with van der Waals surface area (Å²) in [6.07, 6.45) is 18.5. The van der Waals surface area contributed by atoms with Crippen molar-refractivity contribution in [1.82, 2.24) is 4.90 Å². The molecule has 10 nitrogen and oxygen atoms in total. The van der Waals surface area contributed by atoms with E-state index < -0.39 is 18.0 Å². The van der Waals surface area contributed by atoms with Crippen molar-refractivity contribution in [3.05, 3.63) is 0 Å². The highest BCUT2D eigenvalue weighted by Gasteiger charge is 2.51. The molecule has 0 heterocycles. The zero-order chi connectivity index (χ0) is 36.5. The number of esters is 3. The van der Waals surface area contributed by atoms with E-state index in [4.69, 9.17) is 23.7 Å². The molecule has 0 aromatic heterocycles. The number of hydrogen-bond donors (Lipinski definition) is 0. The third-order valence-electron chi connectivity index (χ3n) is 12.1. The van der Waals surface area contributed by atoms with Crippen molar-refractivity contribution in [2.45, 2.75) is 155 Å². The van der Waals surface area contributed by atoms with Crippen molar-refractivity contribution in [2.75, 3.05) is 46.1 Å². The van der Waals surface area contributed by atoms with Gasteiger partial charge in [-0.15, -0.1) is 0 Å². The molecule has 5 fully saturated rings. The molecule has 5 saturated carbocycles. The first-order valence-electron chi connectivity index (χ1n) is 20.7. The third kappa shape index (κ3) is 14.9. The van der Waals surface area contributed by atoms with Gasteiger partial charge < -0.3 is 28.6 Å². The molecule has 5 rings (SSSR count). The predicted octanol–water partition coefficient (Wildman–Crippen LogP) is 8.42. The molecule has 292 valence electrons. The first-order valence-corrected chi connectivity index (χ1v) is 20.7. The molecule has 5 aliphatic rings. The number of ether oxygens (including phenoxy) is 5. The van der Waals surface area contributed by atoms with E-state index in [1.165, 1.54) is 44.9 Å². The molecule has 4 bridgehead atoms. The highest BCUT2D eigenvalue weighted by molar-refractivity contribution is 5.71. The molecule has 0 saturated heterocycles. The Morgan fingerprint density at radius 2 is 1.25 bits per heavy atom. The van der Waals surface area contributed by atoms with Crippen LogP contribution in [0.5, 0.6) is 0 Å². The maximum Gasteiger partial charge on any atom is 0.508 e. The minimum absolute atomic E-state index is 0.000211. The molecular formula is C41H69NO9. The summed E-state index contributed by atoms with van der Waals surface area (Å²) in [5, 5.41) is 0. The highest BCUT2D eigenvalue weighted by atomic mass is 16.7. The van der Waals surface area contributed by atoms with Crippen molar-refractivity contribution in [3.63, 3.8) is 0 Å². The summed E-state index contributed by atoms with van der Waals surface area (Å²) in [4.78, 5) is 52.7. The lowest BCUT2D eigenvalue weighted by Crippen LogP contribution is -2.47. The summed E-state index contributed by atoms with van der Waals surface area (Å²) in [5.74, 6) is 1.70. The van der Waals surface area contributed by atoms with Crippen molar-refractivity contribution in [1.29, 1.82) is 0 Å². The van der Waals surface area contributed by atoms with E-state index in [0.717, 1.165) is 88.3 Å². The Labute approximate surface area is 307 Å². The standard InChI is InChI=1S/C41H69NO9/c1-4-7-8-12-31-15-17-36(18-16-31)51-38(44)14-10-9-13-37(43)48-28-35(30-50-40(46)47-20-11-19-42(5-2)6-3)29-49-39(45)27-41-24-32-21-33(25-41)23-34(22-32)26-41/h31-36H,4-30H2,1-3H3. The van der Waals surface area contributed by atoms with Crippen LogP contribution in [0.2, 0.25) is 0 Å². The number of nitrogens with zero attached hydrogens (tertiary/aromatic N) is 1. The van der Waals surface area contributed by atoms with Crippen LogP contribution >= 0.6 is 0 Å². The van der Waals surface area contributed by atoms with E-state index in [1.807, 2.05) is 0 Å². The molecular weight excluding hydrogens is 650 g/mol. The smallest absolute Gasteiger partial charge is 0.465 e. The number of carbonyl (C=O) groups is 4. The second-order valence-electron chi connectivity index (χ2n) is 16.5. The summed E-state index contributed by atoms with van der Waals surface area (Å²) in [6.45, 7) is 9.27. The first kappa shape index (κ1) is 41.4. The van der Waals surface area contributed by atoms with Crippen molar-refractivity contribution < 1.29 is 42.9 Å². The van der Waals surface area contributed by atoms with Crippen LogP contribution in [-0.2, 0) is 38.1 Å². The van der Waals surface area contributed by atoms with Gasteiger partial charge in [-0.25, -0.2) is 4.79 Å². The van der Waals surface area contributed by atoms with Crippen LogP contribution < -0.4 is 0 Å². The third-order valence-corrected chi connectivity index (χ3v) is 12.1. The Morgan fingerprint density at radius 1 is 0.667 bits per heavy atom. The molecule has 0 aliphatic heterocycles. The highest BCUT2D eigenvalue weighted by Crippen LogP contribution is 2.61. The number of unbranched alkanes of at least 4 members (excludes halogenated alkanes) is 3. The molecule has 51 heavy (non-hydrogen) atoms. The number of hydrogen-bond acceptors (Lipinski definition) is 10. The fourth-order valence-corrected chi connectivity index (χ4v) is 9.72. The Hall–Kier alpha value is -2.36. The van der Waals surface area contributed by atoms with E-state index in [-0.39, 0.29) is 62.7 Å². The molecule has 0 spiro atoms. The van der Waals surface area contributed by atoms with E-state index in [9.17, 15) is 19.2 Å².